The van der Waals surface area contributed by atoms with E-state index < -0.39 is 23.3 Å². The number of thioether (sulfide) groups is 1. The smallest absolute Gasteiger partial charge is 0.292 e. The largest absolute Gasteiger partial charge is 0.392 e. The quantitative estimate of drug-likeness (QED) is 0.465. The van der Waals surface area contributed by atoms with Gasteiger partial charge in [0.2, 0.25) is 0 Å². The fraction of sp³-hybridized carbons (Fsp3) is 0.812. The van der Waals surface area contributed by atoms with Gasteiger partial charge in [0.15, 0.2) is 10.9 Å². The zero-order chi connectivity index (χ0) is 28.2. The van der Waals surface area contributed by atoms with Crippen LogP contribution in [0.4, 0.5) is 0 Å². The second kappa shape index (κ2) is 9.00. The molecule has 0 amide bonds. The number of hydrogen-bond acceptors (Lipinski definition) is 7. The van der Waals surface area contributed by atoms with Gasteiger partial charge in [0.25, 0.3) is 5.97 Å². The SMILES string of the molecule is CSC(=O)C[C@@]12O[C@@H]([C@@H](C)C3CCC4[C@H]5C(CC[C@@]43C)[C@@]3(C)C=CC(=O)C=C3C[C@@H]5O)C[C@](C)(O1)C(C)(C)O2. The summed E-state index contributed by atoms with van der Waals surface area (Å²) in [6.07, 6.45) is 12.8. The molecule has 2 aliphatic heterocycles. The van der Waals surface area contributed by atoms with Gasteiger partial charge in [-0.25, -0.2) is 0 Å². The average Bonchev–Trinajstić information content (AvgIpc) is 3.26. The van der Waals surface area contributed by atoms with E-state index in [9.17, 15) is 14.7 Å². The summed E-state index contributed by atoms with van der Waals surface area (Å²) in [5, 5.41) is 11.5. The van der Waals surface area contributed by atoms with Gasteiger partial charge in [-0.1, -0.05) is 44.2 Å². The highest BCUT2D eigenvalue weighted by atomic mass is 32.2. The first-order valence-electron chi connectivity index (χ1n) is 14.9. The lowest BCUT2D eigenvalue weighted by Crippen LogP contribution is -2.56. The van der Waals surface area contributed by atoms with Crippen LogP contribution in [0.15, 0.2) is 23.8 Å². The summed E-state index contributed by atoms with van der Waals surface area (Å²) in [6, 6.07) is 0. The molecule has 2 heterocycles. The lowest BCUT2D eigenvalue weighted by molar-refractivity contribution is -0.392. The number of carbonyl (C=O) groups excluding carboxylic acids is 2. The van der Waals surface area contributed by atoms with Crippen molar-refractivity contribution in [3.05, 3.63) is 23.8 Å². The zero-order valence-electron chi connectivity index (χ0n) is 24.6. The highest BCUT2D eigenvalue weighted by Crippen LogP contribution is 2.68. The highest BCUT2D eigenvalue weighted by molar-refractivity contribution is 8.13. The van der Waals surface area contributed by atoms with Crippen molar-refractivity contribution in [3.63, 3.8) is 0 Å². The van der Waals surface area contributed by atoms with Crippen molar-refractivity contribution in [2.45, 2.75) is 116 Å². The van der Waals surface area contributed by atoms with E-state index >= 15 is 0 Å². The van der Waals surface area contributed by atoms with Gasteiger partial charge in [0.05, 0.1) is 24.2 Å². The van der Waals surface area contributed by atoms with Crippen LogP contribution in [0.5, 0.6) is 0 Å². The van der Waals surface area contributed by atoms with E-state index in [1.807, 2.05) is 13.8 Å². The van der Waals surface area contributed by atoms with Gasteiger partial charge < -0.3 is 19.3 Å². The first-order chi connectivity index (χ1) is 18.2. The molecule has 3 unspecified atom stereocenters. The number of hydrogen-bond donors (Lipinski definition) is 1. The maximum Gasteiger partial charge on any atom is 0.292 e. The van der Waals surface area contributed by atoms with E-state index in [1.54, 1.807) is 18.4 Å². The Kier molecular flexibility index (Phi) is 6.50. The molecule has 0 aromatic heterocycles. The van der Waals surface area contributed by atoms with Crippen molar-refractivity contribution in [2.75, 3.05) is 6.26 Å². The van der Waals surface area contributed by atoms with Gasteiger partial charge in [-0.15, -0.1) is 0 Å². The number of allylic oxidation sites excluding steroid dienone is 3. The van der Waals surface area contributed by atoms with Gasteiger partial charge in [-0.2, -0.15) is 0 Å². The molecule has 2 saturated heterocycles. The molecule has 6 rings (SSSR count). The summed E-state index contributed by atoms with van der Waals surface area (Å²) in [4.78, 5) is 24.7. The number of ether oxygens (including phenoxy) is 3. The summed E-state index contributed by atoms with van der Waals surface area (Å²) in [5.41, 5.74) is -0.0293. The van der Waals surface area contributed by atoms with Crippen LogP contribution in [-0.4, -0.2) is 51.6 Å². The molecule has 4 aliphatic carbocycles. The van der Waals surface area contributed by atoms with E-state index in [0.29, 0.717) is 24.2 Å². The van der Waals surface area contributed by atoms with Crippen molar-refractivity contribution in [3.8, 4) is 0 Å². The monoisotopic (exact) mass is 558 g/mol. The Morgan fingerprint density at radius 1 is 1.13 bits per heavy atom. The van der Waals surface area contributed by atoms with Gasteiger partial charge in [-0.05, 0) is 106 Å². The Morgan fingerprint density at radius 2 is 1.87 bits per heavy atom. The van der Waals surface area contributed by atoms with Crippen LogP contribution in [0, 0.1) is 40.4 Å². The molecule has 0 radical (unpaired) electrons. The predicted molar refractivity (Wildman–Crippen MR) is 151 cm³/mol. The molecular weight excluding hydrogens is 512 g/mol. The minimum absolute atomic E-state index is 0.00114. The summed E-state index contributed by atoms with van der Waals surface area (Å²) >= 11 is 1.19. The first-order valence-corrected chi connectivity index (χ1v) is 16.2. The molecule has 0 spiro atoms. The molecule has 2 bridgehead atoms. The average molecular weight is 559 g/mol. The number of rotatable bonds is 4. The second-order valence-electron chi connectivity index (χ2n) is 14.6. The highest BCUT2D eigenvalue weighted by Gasteiger charge is 2.68. The second-order valence-corrected chi connectivity index (χ2v) is 15.4. The molecule has 6 aliphatic rings. The minimum atomic E-state index is -1.33. The summed E-state index contributed by atoms with van der Waals surface area (Å²) < 4.78 is 19.5. The number of aliphatic hydroxyl groups is 1. The Bertz CT molecular complexity index is 1130. The van der Waals surface area contributed by atoms with E-state index in [0.717, 1.165) is 37.7 Å². The van der Waals surface area contributed by atoms with Gasteiger partial charge in [-0.3, -0.25) is 9.59 Å². The Morgan fingerprint density at radius 3 is 2.59 bits per heavy atom. The molecule has 6 nitrogen and oxygen atoms in total. The van der Waals surface area contributed by atoms with Crippen LogP contribution in [0.3, 0.4) is 0 Å². The minimum Gasteiger partial charge on any atom is -0.392 e. The van der Waals surface area contributed by atoms with Crippen molar-refractivity contribution < 1.29 is 28.9 Å². The van der Waals surface area contributed by atoms with E-state index in [1.165, 1.54) is 11.8 Å². The van der Waals surface area contributed by atoms with Crippen LogP contribution in [0.2, 0.25) is 0 Å². The number of fused-ring (bicyclic) bond motifs is 7. The standard InChI is InChI=1S/C32H46O6S/c1-18(25-16-31(6)28(2,3)37-32(36-25,38-31)17-26(35)39-7)21-8-9-22-27-23(11-13-30(21,22)5)29(4)12-10-20(33)14-19(29)15-24(27)34/h10,12,14,18,21-25,27,34H,8-9,11,13,15-17H2,1-7H3/t18-,21?,22?,23?,24-,25+,27-,29-,30+,31-,32-/m0/s1. The molecule has 7 heteroatoms. The zero-order valence-corrected chi connectivity index (χ0v) is 25.4. The summed E-state index contributed by atoms with van der Waals surface area (Å²) in [5.74, 6) is 0.465. The van der Waals surface area contributed by atoms with Gasteiger partial charge >= 0.3 is 0 Å². The Hall–Kier alpha value is -0.990. The third-order valence-electron chi connectivity index (χ3n) is 12.4. The fourth-order valence-corrected chi connectivity index (χ4v) is 10.3. The Balaban J connectivity index is 1.27. The molecule has 5 fully saturated rings. The molecular formula is C32H46O6S. The van der Waals surface area contributed by atoms with Crippen molar-refractivity contribution in [1.82, 2.24) is 0 Å². The summed E-state index contributed by atoms with van der Waals surface area (Å²) in [6.45, 7) is 13.3. The van der Waals surface area contributed by atoms with Crippen LogP contribution < -0.4 is 0 Å². The lowest BCUT2D eigenvalue weighted by atomic mass is 9.46. The van der Waals surface area contributed by atoms with Crippen molar-refractivity contribution in [2.24, 2.45) is 40.4 Å². The first kappa shape index (κ1) is 28.1. The number of carbonyl (C=O) groups is 2. The van der Waals surface area contributed by atoms with Crippen molar-refractivity contribution >= 4 is 22.7 Å². The lowest BCUT2D eigenvalue weighted by Gasteiger charge is -2.59. The topological polar surface area (TPSA) is 82.1 Å². The maximum atomic E-state index is 12.5. The molecule has 216 valence electrons. The third-order valence-corrected chi connectivity index (χ3v) is 13.0. The van der Waals surface area contributed by atoms with Crippen LogP contribution in [0.1, 0.15) is 86.5 Å². The van der Waals surface area contributed by atoms with Gasteiger partial charge in [0.1, 0.15) is 5.60 Å². The van der Waals surface area contributed by atoms with Crippen molar-refractivity contribution in [1.29, 1.82) is 0 Å². The third kappa shape index (κ3) is 4.04. The van der Waals surface area contributed by atoms with E-state index in [-0.39, 0.29) is 46.1 Å². The van der Waals surface area contributed by atoms with Crippen LogP contribution in [-0.2, 0) is 23.8 Å². The Labute approximate surface area is 237 Å². The number of ketones is 1. The van der Waals surface area contributed by atoms with E-state index in [4.69, 9.17) is 14.2 Å². The fourth-order valence-electron chi connectivity index (χ4n) is 9.97. The molecule has 39 heavy (non-hydrogen) atoms. The van der Waals surface area contributed by atoms with Crippen LogP contribution in [0.25, 0.3) is 0 Å². The molecule has 1 N–H and O–H groups in total. The summed E-state index contributed by atoms with van der Waals surface area (Å²) in [7, 11) is 0. The van der Waals surface area contributed by atoms with Crippen LogP contribution >= 0.6 is 11.8 Å². The predicted octanol–water partition coefficient (Wildman–Crippen LogP) is 5.82. The van der Waals surface area contributed by atoms with Gasteiger partial charge in [0, 0.05) is 11.8 Å². The normalized spacial score (nSPS) is 50.6. The molecule has 3 saturated carbocycles. The molecule has 0 aromatic rings. The van der Waals surface area contributed by atoms with E-state index in [2.05, 4.69) is 33.8 Å². The molecule has 11 atom stereocenters. The molecule has 0 aromatic carbocycles. The maximum absolute atomic E-state index is 12.5. The number of aliphatic hydroxyl groups excluding tert-OH is 1.